The van der Waals surface area contributed by atoms with Gasteiger partial charge in [-0.15, -0.1) is 0 Å². The Labute approximate surface area is 173 Å². The van der Waals surface area contributed by atoms with Crippen LogP contribution in [0.25, 0.3) is 11.1 Å². The summed E-state index contributed by atoms with van der Waals surface area (Å²) >= 11 is 0. The lowest BCUT2D eigenvalue weighted by molar-refractivity contribution is -0.184. The van der Waals surface area contributed by atoms with Crippen molar-refractivity contribution in [2.45, 2.75) is 65.1 Å². The maximum absolute atomic E-state index is 13.3. The third-order valence-corrected chi connectivity index (χ3v) is 5.73. The first-order valence-electron chi connectivity index (χ1n) is 10.1. The number of aryl methyl sites for hydroxylation is 2. The summed E-state index contributed by atoms with van der Waals surface area (Å²) in [5, 5.41) is 0. The summed E-state index contributed by atoms with van der Waals surface area (Å²) in [6.07, 6.45) is 0.736. The number of carbonyl (C=O) groups excluding carboxylic acids is 2. The molecule has 1 aliphatic rings. The number of ether oxygens (including phenoxy) is 2. The van der Waals surface area contributed by atoms with Crippen molar-refractivity contribution in [2.75, 3.05) is 7.11 Å². The van der Waals surface area contributed by atoms with Gasteiger partial charge in [-0.05, 0) is 75.4 Å². The second kappa shape index (κ2) is 7.42. The topological polar surface area (TPSA) is 52.6 Å². The molecule has 1 fully saturated rings. The van der Waals surface area contributed by atoms with E-state index in [1.54, 1.807) is 34.8 Å². The van der Waals surface area contributed by atoms with Gasteiger partial charge >= 0.3 is 0 Å². The van der Waals surface area contributed by atoms with E-state index in [1.165, 1.54) is 0 Å². The zero-order valence-corrected chi connectivity index (χ0v) is 18.4. The Morgan fingerprint density at radius 1 is 0.966 bits per heavy atom. The summed E-state index contributed by atoms with van der Waals surface area (Å²) in [7, 11) is 1.65. The minimum Gasteiger partial charge on any atom is -0.496 e. The largest absolute Gasteiger partial charge is 0.496 e. The number of methoxy groups -OCH3 is 1. The smallest absolute Gasteiger partial charge is 0.179 e. The third-order valence-electron chi connectivity index (χ3n) is 5.73. The van der Waals surface area contributed by atoms with E-state index in [0.29, 0.717) is 0 Å². The van der Waals surface area contributed by atoms with E-state index in [2.05, 4.69) is 0 Å². The van der Waals surface area contributed by atoms with Crippen LogP contribution in [0, 0.1) is 6.92 Å². The van der Waals surface area contributed by atoms with Gasteiger partial charge in [0.1, 0.15) is 22.9 Å². The molecular weight excluding hydrogens is 364 g/mol. The molecule has 29 heavy (non-hydrogen) atoms. The molecular formula is C25H30O4. The molecule has 0 aromatic heterocycles. The van der Waals surface area contributed by atoms with Crippen LogP contribution in [0.4, 0.5) is 0 Å². The van der Waals surface area contributed by atoms with Crippen molar-refractivity contribution < 1.29 is 19.1 Å². The zero-order valence-electron chi connectivity index (χ0n) is 18.4. The molecule has 154 valence electrons. The second-order valence-corrected chi connectivity index (χ2v) is 8.76. The highest BCUT2D eigenvalue weighted by atomic mass is 16.5. The lowest BCUT2D eigenvalue weighted by atomic mass is 9.73. The van der Waals surface area contributed by atoms with Crippen LogP contribution in [0.1, 0.15) is 57.2 Å². The Morgan fingerprint density at radius 2 is 1.59 bits per heavy atom. The summed E-state index contributed by atoms with van der Waals surface area (Å²) in [5.41, 5.74) is 2.69. The number of carbonyl (C=O) groups is 2. The van der Waals surface area contributed by atoms with E-state index in [1.807, 2.05) is 50.2 Å². The molecule has 0 spiro atoms. The molecule has 0 bridgehead atoms. The Kier molecular flexibility index (Phi) is 5.44. The van der Waals surface area contributed by atoms with Crippen molar-refractivity contribution in [3.63, 3.8) is 0 Å². The highest BCUT2D eigenvalue weighted by Crippen LogP contribution is 2.41. The molecule has 0 saturated carbocycles. The van der Waals surface area contributed by atoms with Crippen LogP contribution in [0.15, 0.2) is 36.4 Å². The van der Waals surface area contributed by atoms with E-state index >= 15 is 0 Å². The molecule has 1 saturated heterocycles. The van der Waals surface area contributed by atoms with Gasteiger partial charge in [-0.25, -0.2) is 0 Å². The number of hydrogen-bond donors (Lipinski definition) is 0. The fourth-order valence-electron chi connectivity index (χ4n) is 4.23. The second-order valence-electron chi connectivity index (χ2n) is 8.76. The number of Topliss-reactive ketones (excluding diaryl/α,β-unsaturated/α-hetero) is 2. The van der Waals surface area contributed by atoms with E-state index in [9.17, 15) is 9.59 Å². The normalized spacial score (nSPS) is 18.7. The third kappa shape index (κ3) is 3.74. The summed E-state index contributed by atoms with van der Waals surface area (Å²) in [5.74, 6) is -0.445. The number of benzene rings is 2. The Balaban J connectivity index is 2.20. The minimum atomic E-state index is -1.02. The van der Waals surface area contributed by atoms with Gasteiger partial charge in [0.05, 0.1) is 7.11 Å². The maximum atomic E-state index is 13.3. The minimum absolute atomic E-state index is 0.190. The summed E-state index contributed by atoms with van der Waals surface area (Å²) in [6.45, 7) is 11.0. The van der Waals surface area contributed by atoms with Crippen LogP contribution in [0.2, 0.25) is 0 Å². The zero-order chi connectivity index (χ0) is 21.6. The first-order valence-corrected chi connectivity index (χ1v) is 10.1. The lowest BCUT2D eigenvalue weighted by Crippen LogP contribution is -2.58. The summed E-state index contributed by atoms with van der Waals surface area (Å²) in [6, 6.07) is 12.0. The van der Waals surface area contributed by atoms with Crippen LogP contribution in [-0.4, -0.2) is 29.9 Å². The van der Waals surface area contributed by atoms with Crippen LogP contribution >= 0.6 is 0 Å². The summed E-state index contributed by atoms with van der Waals surface area (Å²) < 4.78 is 11.4. The van der Waals surface area contributed by atoms with Gasteiger partial charge in [0, 0.05) is 5.56 Å². The highest BCUT2D eigenvalue weighted by Gasteiger charge is 2.53. The van der Waals surface area contributed by atoms with E-state index in [0.717, 1.165) is 40.0 Å². The van der Waals surface area contributed by atoms with Crippen LogP contribution in [-0.2, 0) is 20.7 Å². The molecule has 0 radical (unpaired) electrons. The Bertz CT molecular complexity index is 943. The van der Waals surface area contributed by atoms with Crippen LogP contribution in [0.5, 0.6) is 5.75 Å². The number of rotatable bonds is 4. The number of ketones is 2. The molecule has 0 amide bonds. The highest BCUT2D eigenvalue weighted by molar-refractivity contribution is 6.15. The van der Waals surface area contributed by atoms with Crippen molar-refractivity contribution in [1.29, 1.82) is 0 Å². The van der Waals surface area contributed by atoms with Crippen molar-refractivity contribution in [3.05, 3.63) is 53.1 Å². The molecule has 1 aliphatic heterocycles. The van der Waals surface area contributed by atoms with Gasteiger partial charge < -0.3 is 9.47 Å². The quantitative estimate of drug-likeness (QED) is 0.682. The lowest BCUT2D eigenvalue weighted by Gasteiger charge is -2.43. The maximum Gasteiger partial charge on any atom is 0.179 e. The van der Waals surface area contributed by atoms with E-state index < -0.39 is 17.1 Å². The van der Waals surface area contributed by atoms with Crippen molar-refractivity contribution in [1.82, 2.24) is 0 Å². The predicted molar refractivity (Wildman–Crippen MR) is 115 cm³/mol. The molecule has 4 heteroatoms. The average molecular weight is 395 g/mol. The first kappa shape index (κ1) is 21.3. The predicted octanol–water partition coefficient (Wildman–Crippen LogP) is 5.04. The SMILES string of the molecule is CCc1ccc(-c2ccc(C)cc2OC)cc1C1C(=O)C(C)(C)OC(C)(C)C1=O. The standard InChI is InChI=1S/C25H30O4/c1-8-16-10-11-17(18-12-9-15(2)13-20(18)28-7)14-19(16)21-22(26)24(3,4)29-25(5,6)23(21)27/h9-14,21H,8H2,1-7H3. The molecule has 0 N–H and O–H groups in total. The molecule has 1 heterocycles. The monoisotopic (exact) mass is 394 g/mol. The van der Waals surface area contributed by atoms with Gasteiger partial charge in [-0.1, -0.05) is 31.2 Å². The first-order chi connectivity index (χ1) is 13.5. The van der Waals surface area contributed by atoms with Crippen LogP contribution in [0.3, 0.4) is 0 Å². The van der Waals surface area contributed by atoms with E-state index in [-0.39, 0.29) is 11.6 Å². The Hall–Kier alpha value is -2.46. The average Bonchev–Trinajstić information content (AvgIpc) is 2.66. The Morgan fingerprint density at radius 3 is 2.14 bits per heavy atom. The van der Waals surface area contributed by atoms with Gasteiger partial charge in [-0.2, -0.15) is 0 Å². The molecule has 0 atom stereocenters. The molecule has 2 aromatic rings. The fourth-order valence-corrected chi connectivity index (χ4v) is 4.23. The number of hydrogen-bond acceptors (Lipinski definition) is 4. The molecule has 0 aliphatic carbocycles. The molecule has 3 rings (SSSR count). The van der Waals surface area contributed by atoms with Gasteiger partial charge in [-0.3, -0.25) is 9.59 Å². The van der Waals surface area contributed by atoms with Gasteiger partial charge in [0.25, 0.3) is 0 Å². The fraction of sp³-hybridized carbons (Fsp3) is 0.440. The molecule has 0 unspecified atom stereocenters. The van der Waals surface area contributed by atoms with E-state index in [4.69, 9.17) is 9.47 Å². The van der Waals surface area contributed by atoms with Gasteiger partial charge in [0.2, 0.25) is 0 Å². The molecule has 2 aromatic carbocycles. The molecule has 4 nitrogen and oxygen atoms in total. The van der Waals surface area contributed by atoms with Crippen LogP contribution < -0.4 is 4.74 Å². The summed E-state index contributed by atoms with van der Waals surface area (Å²) in [4.78, 5) is 26.5. The van der Waals surface area contributed by atoms with Crippen molar-refractivity contribution in [3.8, 4) is 16.9 Å². The van der Waals surface area contributed by atoms with Crippen molar-refractivity contribution >= 4 is 11.6 Å². The van der Waals surface area contributed by atoms with Crippen molar-refractivity contribution in [2.24, 2.45) is 0 Å². The van der Waals surface area contributed by atoms with Gasteiger partial charge in [0.15, 0.2) is 11.6 Å².